The molecule has 2 rings (SSSR count). The molecule has 0 fully saturated rings. The average molecular weight is 347 g/mol. The van der Waals surface area contributed by atoms with E-state index in [0.717, 1.165) is 12.1 Å². The molecular formula is C13H12F3N3O3S. The first kappa shape index (κ1) is 17.0. The second-order valence-electron chi connectivity index (χ2n) is 4.48. The van der Waals surface area contributed by atoms with E-state index in [2.05, 4.69) is 15.8 Å². The molecule has 10 heteroatoms. The molecule has 1 atom stereocenters. The summed E-state index contributed by atoms with van der Waals surface area (Å²) >= 11 is 0. The van der Waals surface area contributed by atoms with Gasteiger partial charge in [0.2, 0.25) is 0 Å². The van der Waals surface area contributed by atoms with Crippen LogP contribution in [0.3, 0.4) is 0 Å². The summed E-state index contributed by atoms with van der Waals surface area (Å²) in [5.74, 6) is 0.607. The standard InChI is InChI=1S/C13H12F3N3O3S/c1-8-6-10(19-22-8)7-17-12(20)18-9-2-4-11(5-3-9)23(21)13(14,15)16/h2-6H,7H2,1H3,(H2,17,18,20)/t23-/m0/s1. The molecule has 0 unspecified atom stereocenters. The van der Waals surface area contributed by atoms with Crippen molar-refractivity contribution in [1.29, 1.82) is 0 Å². The number of halogens is 3. The number of alkyl halides is 3. The molecule has 0 aliphatic rings. The van der Waals surface area contributed by atoms with Crippen LogP contribution in [0.4, 0.5) is 23.7 Å². The Hall–Kier alpha value is -2.36. The molecule has 0 saturated heterocycles. The quantitative estimate of drug-likeness (QED) is 0.891. The highest BCUT2D eigenvalue weighted by atomic mass is 32.2. The number of carbonyl (C=O) groups is 1. The van der Waals surface area contributed by atoms with Gasteiger partial charge in [0.05, 0.1) is 6.54 Å². The number of anilines is 1. The summed E-state index contributed by atoms with van der Waals surface area (Å²) in [6.45, 7) is 1.85. The molecule has 124 valence electrons. The third-order valence-corrected chi connectivity index (χ3v) is 3.76. The average Bonchev–Trinajstić information content (AvgIpc) is 2.90. The molecule has 1 aromatic carbocycles. The molecule has 2 aromatic rings. The van der Waals surface area contributed by atoms with Gasteiger partial charge in [0.1, 0.15) is 11.5 Å². The highest BCUT2D eigenvalue weighted by molar-refractivity contribution is 7.86. The zero-order valence-corrected chi connectivity index (χ0v) is 12.6. The Bertz CT molecular complexity index is 713. The molecule has 0 aliphatic carbocycles. The second kappa shape index (κ2) is 6.82. The molecular weight excluding hydrogens is 335 g/mol. The number of benzene rings is 1. The fourth-order valence-corrected chi connectivity index (χ4v) is 2.29. The van der Waals surface area contributed by atoms with Crippen LogP contribution in [-0.4, -0.2) is 20.9 Å². The third-order valence-electron chi connectivity index (χ3n) is 2.64. The van der Waals surface area contributed by atoms with Gasteiger partial charge >= 0.3 is 11.5 Å². The Morgan fingerprint density at radius 3 is 2.48 bits per heavy atom. The van der Waals surface area contributed by atoms with Gasteiger partial charge in [-0.05, 0) is 31.2 Å². The Kier molecular flexibility index (Phi) is 5.04. The van der Waals surface area contributed by atoms with E-state index < -0.39 is 22.3 Å². The molecule has 0 aliphatic heterocycles. The summed E-state index contributed by atoms with van der Waals surface area (Å²) in [6, 6.07) is 5.65. The van der Waals surface area contributed by atoms with E-state index in [4.69, 9.17) is 4.52 Å². The van der Waals surface area contributed by atoms with Crippen LogP contribution >= 0.6 is 0 Å². The summed E-state index contributed by atoms with van der Waals surface area (Å²) in [7, 11) is -3.09. The normalized spacial score (nSPS) is 12.7. The summed E-state index contributed by atoms with van der Waals surface area (Å²) in [6.07, 6.45) is 0. The first-order chi connectivity index (χ1) is 10.8. The Labute approximate surface area is 131 Å². The van der Waals surface area contributed by atoms with Crippen LogP contribution < -0.4 is 10.6 Å². The van der Waals surface area contributed by atoms with Gasteiger partial charge in [-0.1, -0.05) is 5.16 Å². The maximum atomic E-state index is 12.3. The summed E-state index contributed by atoms with van der Waals surface area (Å²) < 4.78 is 52.9. The lowest BCUT2D eigenvalue weighted by atomic mass is 10.3. The first-order valence-corrected chi connectivity index (χ1v) is 7.46. The molecule has 23 heavy (non-hydrogen) atoms. The van der Waals surface area contributed by atoms with Gasteiger partial charge in [0.15, 0.2) is 10.8 Å². The van der Waals surface area contributed by atoms with E-state index >= 15 is 0 Å². The summed E-state index contributed by atoms with van der Waals surface area (Å²) in [5, 5.41) is 8.64. The monoisotopic (exact) mass is 347 g/mol. The molecule has 0 bridgehead atoms. The van der Waals surface area contributed by atoms with Gasteiger partial charge in [0, 0.05) is 16.6 Å². The molecule has 2 amide bonds. The van der Waals surface area contributed by atoms with Crippen LogP contribution in [0.1, 0.15) is 11.5 Å². The maximum Gasteiger partial charge on any atom is 0.475 e. The number of amides is 2. The van der Waals surface area contributed by atoms with Crippen LogP contribution in [0.25, 0.3) is 0 Å². The van der Waals surface area contributed by atoms with Crippen LogP contribution in [0.2, 0.25) is 0 Å². The summed E-state index contributed by atoms with van der Waals surface area (Å²) in [4.78, 5) is 11.3. The van der Waals surface area contributed by atoms with E-state index in [1.165, 1.54) is 12.1 Å². The highest BCUT2D eigenvalue weighted by Crippen LogP contribution is 2.26. The van der Waals surface area contributed by atoms with Crippen LogP contribution in [0, 0.1) is 6.92 Å². The fraction of sp³-hybridized carbons (Fsp3) is 0.231. The fourth-order valence-electron chi connectivity index (χ4n) is 1.64. The minimum Gasteiger partial charge on any atom is -0.361 e. The number of nitrogens with one attached hydrogen (secondary N) is 2. The van der Waals surface area contributed by atoms with Gasteiger partial charge in [-0.2, -0.15) is 13.2 Å². The number of aromatic nitrogens is 1. The third kappa shape index (κ3) is 4.81. The molecule has 1 heterocycles. The van der Waals surface area contributed by atoms with Crippen molar-refractivity contribution in [3.63, 3.8) is 0 Å². The molecule has 0 radical (unpaired) electrons. The van der Waals surface area contributed by atoms with E-state index in [1.807, 2.05) is 0 Å². The number of urea groups is 1. The lowest BCUT2D eigenvalue weighted by molar-refractivity contribution is -0.0384. The Morgan fingerprint density at radius 1 is 1.30 bits per heavy atom. The van der Waals surface area contributed by atoms with Gasteiger partial charge in [0.25, 0.3) is 0 Å². The van der Waals surface area contributed by atoms with Crippen molar-refractivity contribution in [1.82, 2.24) is 10.5 Å². The number of hydrogen-bond acceptors (Lipinski definition) is 4. The number of hydrogen-bond donors (Lipinski definition) is 2. The van der Waals surface area contributed by atoms with E-state index in [9.17, 15) is 22.2 Å². The minimum absolute atomic E-state index is 0.138. The second-order valence-corrected chi connectivity index (χ2v) is 5.95. The van der Waals surface area contributed by atoms with Crippen molar-refractivity contribution >= 4 is 22.5 Å². The van der Waals surface area contributed by atoms with E-state index in [-0.39, 0.29) is 17.1 Å². The number of aryl methyl sites for hydroxylation is 1. The smallest absolute Gasteiger partial charge is 0.361 e. The lowest BCUT2D eigenvalue weighted by Crippen LogP contribution is -2.28. The zero-order valence-electron chi connectivity index (χ0n) is 11.8. The summed E-state index contributed by atoms with van der Waals surface area (Å²) in [5.41, 5.74) is -4.02. The lowest BCUT2D eigenvalue weighted by Gasteiger charge is -2.08. The van der Waals surface area contributed by atoms with Crippen molar-refractivity contribution in [3.05, 3.63) is 41.8 Å². The first-order valence-electron chi connectivity index (χ1n) is 6.31. The van der Waals surface area contributed by atoms with Crippen molar-refractivity contribution < 1.29 is 26.7 Å². The SMILES string of the molecule is Cc1cc(CNC(=O)Nc2ccc([S@](=O)C(F)(F)F)cc2)no1. The van der Waals surface area contributed by atoms with Crippen LogP contribution in [0.15, 0.2) is 39.8 Å². The van der Waals surface area contributed by atoms with Gasteiger partial charge in [-0.3, -0.25) is 0 Å². The highest BCUT2D eigenvalue weighted by Gasteiger charge is 2.37. The van der Waals surface area contributed by atoms with E-state index in [0.29, 0.717) is 11.5 Å². The molecule has 2 N–H and O–H groups in total. The van der Waals surface area contributed by atoms with Crippen molar-refractivity contribution in [2.45, 2.75) is 23.9 Å². The Balaban J connectivity index is 1.90. The molecule has 6 nitrogen and oxygen atoms in total. The predicted molar refractivity (Wildman–Crippen MR) is 76.0 cm³/mol. The van der Waals surface area contributed by atoms with Crippen molar-refractivity contribution in [2.24, 2.45) is 0 Å². The van der Waals surface area contributed by atoms with Gasteiger partial charge in [-0.15, -0.1) is 0 Å². The zero-order chi connectivity index (χ0) is 17.0. The number of rotatable bonds is 4. The van der Waals surface area contributed by atoms with Gasteiger partial charge < -0.3 is 15.2 Å². The van der Waals surface area contributed by atoms with E-state index in [1.54, 1.807) is 13.0 Å². The maximum absolute atomic E-state index is 12.3. The van der Waals surface area contributed by atoms with Crippen LogP contribution in [0.5, 0.6) is 0 Å². The molecule has 1 aromatic heterocycles. The molecule has 0 saturated carbocycles. The topological polar surface area (TPSA) is 84.2 Å². The number of nitrogens with zero attached hydrogens (tertiary/aromatic N) is 1. The van der Waals surface area contributed by atoms with Crippen LogP contribution in [-0.2, 0) is 17.3 Å². The van der Waals surface area contributed by atoms with Gasteiger partial charge in [-0.25, -0.2) is 9.00 Å². The minimum atomic E-state index is -4.82. The van der Waals surface area contributed by atoms with Crippen molar-refractivity contribution in [2.75, 3.05) is 5.32 Å². The molecule has 0 spiro atoms. The predicted octanol–water partition coefficient (Wildman–Crippen LogP) is 2.93. The number of carbonyl (C=O) groups excluding carboxylic acids is 1. The van der Waals surface area contributed by atoms with Crippen molar-refractivity contribution in [3.8, 4) is 0 Å². The Morgan fingerprint density at radius 2 is 1.96 bits per heavy atom. The largest absolute Gasteiger partial charge is 0.475 e.